The van der Waals surface area contributed by atoms with E-state index in [0.29, 0.717) is 27.7 Å². The third kappa shape index (κ3) is 3.46. The average Bonchev–Trinajstić information content (AvgIpc) is 3.49. The fourth-order valence-electron chi connectivity index (χ4n) is 4.67. The summed E-state index contributed by atoms with van der Waals surface area (Å²) in [6.45, 7) is 3.76. The van der Waals surface area contributed by atoms with Crippen LogP contribution in [0.1, 0.15) is 28.6 Å². The Morgan fingerprint density at radius 2 is 1.86 bits per heavy atom. The van der Waals surface area contributed by atoms with Crippen molar-refractivity contribution >= 4 is 65.7 Å². The number of hydrogen-bond donors (Lipinski definition) is 1. The number of fused-ring (bicyclic) bond motifs is 2. The monoisotopic (exact) mass is 558 g/mol. The molecule has 9 heteroatoms. The molecule has 36 heavy (non-hydrogen) atoms. The van der Waals surface area contributed by atoms with E-state index in [1.165, 1.54) is 16.2 Å². The number of anilines is 1. The number of ketones is 1. The molecule has 1 N–H and O–H groups in total. The van der Waals surface area contributed by atoms with Gasteiger partial charge in [0.2, 0.25) is 0 Å². The summed E-state index contributed by atoms with van der Waals surface area (Å²) < 4.78 is 3.42. The number of thiazole rings is 1. The molecule has 0 spiro atoms. The van der Waals surface area contributed by atoms with Crippen molar-refractivity contribution in [3.05, 3.63) is 99.4 Å². The summed E-state index contributed by atoms with van der Waals surface area (Å²) >= 11 is 4.84. The molecule has 0 radical (unpaired) electrons. The number of nitrogens with zero attached hydrogens (tertiary/aromatic N) is 4. The molecular weight excluding hydrogens is 540 g/mol. The van der Waals surface area contributed by atoms with Gasteiger partial charge < -0.3 is 5.11 Å². The number of Topliss-reactive ketones (excluding diaryl/α,β-unsaturated/α-hetero) is 1. The van der Waals surface area contributed by atoms with E-state index in [9.17, 15) is 14.7 Å². The highest BCUT2D eigenvalue weighted by Gasteiger charge is 2.48. The maximum Gasteiger partial charge on any atom is 0.301 e. The number of aromatic nitrogens is 3. The van der Waals surface area contributed by atoms with Crippen molar-refractivity contribution in [2.24, 2.45) is 0 Å². The Kier molecular flexibility index (Phi) is 5.27. The second kappa shape index (κ2) is 8.39. The lowest BCUT2D eigenvalue weighted by molar-refractivity contribution is -0.132. The molecule has 1 fully saturated rings. The summed E-state index contributed by atoms with van der Waals surface area (Å²) in [6, 6.07) is 17.9. The van der Waals surface area contributed by atoms with E-state index in [-0.39, 0.29) is 11.3 Å². The second-order valence-electron chi connectivity index (χ2n) is 8.67. The second-order valence-corrected chi connectivity index (χ2v) is 10.6. The third-order valence-electron chi connectivity index (χ3n) is 6.28. The predicted octanol–water partition coefficient (Wildman–Crippen LogP) is 5.95. The number of halogens is 1. The molecule has 1 atom stereocenters. The van der Waals surface area contributed by atoms with Crippen LogP contribution in [0.4, 0.5) is 5.13 Å². The van der Waals surface area contributed by atoms with E-state index in [4.69, 9.17) is 0 Å². The Bertz CT molecular complexity index is 1750. The molecular formula is C27H19BrN4O3S. The predicted molar refractivity (Wildman–Crippen MR) is 143 cm³/mol. The Morgan fingerprint density at radius 1 is 1.03 bits per heavy atom. The Balaban J connectivity index is 1.62. The molecule has 0 aliphatic carbocycles. The molecule has 1 aliphatic heterocycles. The Hall–Kier alpha value is -3.82. The van der Waals surface area contributed by atoms with Crippen molar-refractivity contribution in [2.75, 3.05) is 4.90 Å². The minimum Gasteiger partial charge on any atom is -0.505 e. The lowest BCUT2D eigenvalue weighted by Crippen LogP contribution is -2.29. The molecule has 0 bridgehead atoms. The van der Waals surface area contributed by atoms with Crippen LogP contribution in [0.3, 0.4) is 0 Å². The van der Waals surface area contributed by atoms with Crippen LogP contribution < -0.4 is 4.90 Å². The van der Waals surface area contributed by atoms with Gasteiger partial charge in [0.05, 0.1) is 27.5 Å². The molecule has 5 aromatic rings. The van der Waals surface area contributed by atoms with Gasteiger partial charge in [0.25, 0.3) is 5.78 Å². The number of rotatable bonds is 3. The fourth-order valence-corrected chi connectivity index (χ4v) is 6.18. The van der Waals surface area contributed by atoms with Crippen LogP contribution in [0, 0.1) is 13.8 Å². The molecule has 2 aromatic carbocycles. The summed E-state index contributed by atoms with van der Waals surface area (Å²) in [7, 11) is 0. The zero-order chi connectivity index (χ0) is 25.1. The van der Waals surface area contributed by atoms with Crippen molar-refractivity contribution in [1.82, 2.24) is 14.4 Å². The normalized spacial score (nSPS) is 17.5. The minimum atomic E-state index is -0.863. The Morgan fingerprint density at radius 3 is 2.67 bits per heavy atom. The van der Waals surface area contributed by atoms with Gasteiger partial charge in [0.15, 0.2) is 10.9 Å². The first-order valence-corrected chi connectivity index (χ1v) is 12.8. The topological polar surface area (TPSA) is 87.8 Å². The highest BCUT2D eigenvalue weighted by Crippen LogP contribution is 2.45. The van der Waals surface area contributed by atoms with Gasteiger partial charge in [-0.3, -0.25) is 18.9 Å². The van der Waals surface area contributed by atoms with Gasteiger partial charge in [-0.1, -0.05) is 51.5 Å². The molecule has 4 heterocycles. The first-order valence-electron chi connectivity index (χ1n) is 11.2. The number of aliphatic hydroxyl groups is 1. The van der Waals surface area contributed by atoms with Gasteiger partial charge in [-0.2, -0.15) is 0 Å². The number of imidazole rings is 1. The fraction of sp³-hybridized carbons (Fsp3) is 0.111. The molecule has 0 saturated carbocycles. The molecule has 6 rings (SSSR count). The van der Waals surface area contributed by atoms with Crippen molar-refractivity contribution < 1.29 is 14.7 Å². The maximum atomic E-state index is 13.5. The summed E-state index contributed by atoms with van der Waals surface area (Å²) in [6.07, 6.45) is 1.77. The van der Waals surface area contributed by atoms with E-state index in [0.717, 1.165) is 20.3 Å². The number of amides is 1. The molecule has 3 aromatic heterocycles. The van der Waals surface area contributed by atoms with E-state index < -0.39 is 17.7 Å². The van der Waals surface area contributed by atoms with Gasteiger partial charge in [0, 0.05) is 10.7 Å². The summed E-state index contributed by atoms with van der Waals surface area (Å²) in [4.78, 5) is 37.6. The van der Waals surface area contributed by atoms with Crippen LogP contribution in [0.5, 0.6) is 0 Å². The van der Waals surface area contributed by atoms with Crippen molar-refractivity contribution in [1.29, 1.82) is 0 Å². The number of carbonyl (C=O) groups is 2. The lowest BCUT2D eigenvalue weighted by Gasteiger charge is -2.23. The molecule has 7 nitrogen and oxygen atoms in total. The standard InChI is InChI=1S/C27H19BrN4O3S/c1-14-9-10-18-19(12-14)36-27(30-18)32-23(16-6-5-7-17(28)13-16)21(25(34)26(32)35)24(33)22-15(2)29-20-8-3-4-11-31(20)22/h3-13,23,33H,1-2H3. The largest absolute Gasteiger partial charge is 0.505 e. The highest BCUT2D eigenvalue weighted by molar-refractivity contribution is 9.10. The van der Waals surface area contributed by atoms with Crippen LogP contribution in [0.25, 0.3) is 21.6 Å². The molecule has 1 saturated heterocycles. The minimum absolute atomic E-state index is 0.00212. The first kappa shape index (κ1) is 22.6. The molecule has 1 unspecified atom stereocenters. The number of aryl methyl sites for hydroxylation is 2. The van der Waals surface area contributed by atoms with Gasteiger partial charge in [-0.05, 0) is 61.4 Å². The summed E-state index contributed by atoms with van der Waals surface area (Å²) in [5, 5.41) is 12.0. The number of hydrogen-bond acceptors (Lipinski definition) is 6. The maximum absolute atomic E-state index is 13.5. The third-order valence-corrected chi connectivity index (χ3v) is 7.79. The number of benzene rings is 2. The Labute approximate surface area is 218 Å². The summed E-state index contributed by atoms with van der Waals surface area (Å²) in [5.74, 6) is -1.77. The lowest BCUT2D eigenvalue weighted by atomic mass is 9.96. The zero-order valence-corrected chi connectivity index (χ0v) is 21.7. The number of aliphatic hydroxyl groups excluding tert-OH is 1. The zero-order valence-electron chi connectivity index (χ0n) is 19.3. The molecule has 1 amide bonds. The molecule has 1 aliphatic rings. The van der Waals surface area contributed by atoms with Gasteiger partial charge in [-0.15, -0.1) is 0 Å². The van der Waals surface area contributed by atoms with Gasteiger partial charge in [-0.25, -0.2) is 9.97 Å². The first-order chi connectivity index (χ1) is 17.3. The van der Waals surface area contributed by atoms with Crippen molar-refractivity contribution in [3.8, 4) is 0 Å². The van der Waals surface area contributed by atoms with Crippen LogP contribution in [-0.2, 0) is 9.59 Å². The van der Waals surface area contributed by atoms with Crippen LogP contribution in [0.15, 0.2) is 76.9 Å². The van der Waals surface area contributed by atoms with Crippen LogP contribution in [0.2, 0.25) is 0 Å². The number of pyridine rings is 1. The van der Waals surface area contributed by atoms with E-state index in [2.05, 4.69) is 25.9 Å². The molecule has 178 valence electrons. The SMILES string of the molecule is Cc1ccc2nc(N3C(=O)C(=O)C(=C(O)c4c(C)nc5ccccn45)C3c3cccc(Br)c3)sc2c1. The highest BCUT2D eigenvalue weighted by atomic mass is 79.9. The van der Waals surface area contributed by atoms with Gasteiger partial charge in [0.1, 0.15) is 11.3 Å². The van der Waals surface area contributed by atoms with Gasteiger partial charge >= 0.3 is 5.91 Å². The van der Waals surface area contributed by atoms with E-state index in [1.54, 1.807) is 17.5 Å². The quantitative estimate of drug-likeness (QED) is 0.168. The number of carbonyl (C=O) groups excluding carboxylic acids is 2. The summed E-state index contributed by atoms with van der Waals surface area (Å²) in [5.41, 5.74) is 4.05. The van der Waals surface area contributed by atoms with Crippen molar-refractivity contribution in [3.63, 3.8) is 0 Å². The van der Waals surface area contributed by atoms with E-state index >= 15 is 0 Å². The van der Waals surface area contributed by atoms with Crippen molar-refractivity contribution in [2.45, 2.75) is 19.9 Å². The smallest absolute Gasteiger partial charge is 0.301 e. The van der Waals surface area contributed by atoms with Crippen LogP contribution in [-0.4, -0.2) is 31.2 Å². The average molecular weight is 559 g/mol. The van der Waals surface area contributed by atoms with Crippen LogP contribution >= 0.6 is 27.3 Å². The van der Waals surface area contributed by atoms with E-state index in [1.807, 2.05) is 67.6 Å².